The molecule has 4 heteroatoms. The average molecular weight is 234 g/mol. The first-order valence-electron chi connectivity index (χ1n) is 5.03. The molecule has 0 N–H and O–H groups in total. The highest BCUT2D eigenvalue weighted by Gasteiger charge is 2.37. The molecule has 0 aromatic heterocycles. The smallest absolute Gasteiger partial charge is 0.211 e. The van der Waals surface area contributed by atoms with Crippen LogP contribution in [0.15, 0.2) is 35.0 Å². The molecule has 1 aromatic carbocycles. The van der Waals surface area contributed by atoms with Crippen molar-refractivity contribution in [3.8, 4) is 0 Å². The Bertz CT molecular complexity index is 544. The van der Waals surface area contributed by atoms with Crippen molar-refractivity contribution in [3.05, 3.63) is 46.1 Å². The van der Waals surface area contributed by atoms with Crippen molar-refractivity contribution in [3.63, 3.8) is 0 Å². The van der Waals surface area contributed by atoms with Crippen molar-refractivity contribution in [2.24, 2.45) is 0 Å². The Morgan fingerprint density at radius 3 is 2.12 bits per heavy atom. The van der Waals surface area contributed by atoms with E-state index >= 15 is 0 Å². The monoisotopic (exact) mass is 233 g/mol. The molecule has 1 aliphatic heterocycles. The Kier molecular flexibility index (Phi) is 1.91. The number of halogens is 1. The summed E-state index contributed by atoms with van der Waals surface area (Å²) >= 11 is 5.96. The lowest BCUT2D eigenvalue weighted by atomic mass is 9.92. The molecular weight excluding hydrogens is 226 g/mol. The number of ketones is 2. The van der Waals surface area contributed by atoms with Crippen LogP contribution in [0, 0.1) is 0 Å². The Balaban J connectivity index is 2.21. The molecule has 3 nitrogen and oxygen atoms in total. The zero-order valence-corrected chi connectivity index (χ0v) is 9.12. The summed E-state index contributed by atoms with van der Waals surface area (Å²) in [5.74, 6) is -0.392. The van der Waals surface area contributed by atoms with E-state index in [1.54, 1.807) is 24.3 Å². The molecule has 0 unspecified atom stereocenters. The first-order valence-corrected chi connectivity index (χ1v) is 5.41. The molecule has 1 fully saturated rings. The van der Waals surface area contributed by atoms with E-state index in [-0.39, 0.29) is 16.6 Å². The molecule has 0 radical (unpaired) electrons. The van der Waals surface area contributed by atoms with Crippen molar-refractivity contribution < 1.29 is 9.59 Å². The molecule has 1 aromatic rings. The van der Waals surface area contributed by atoms with Crippen LogP contribution in [-0.4, -0.2) is 29.6 Å². The average Bonchev–Trinajstić information content (AvgIpc) is 3.11. The standard InChI is InChI=1S/C12H8ClNO2/c13-9-10(14-5-6-14)12(16)8-4-2-1-3-7(8)11(9)15/h1-4H,5-6H2. The Labute approximate surface area is 97.3 Å². The van der Waals surface area contributed by atoms with Crippen LogP contribution in [0.3, 0.4) is 0 Å². The van der Waals surface area contributed by atoms with Crippen molar-refractivity contribution in [2.45, 2.75) is 0 Å². The zero-order valence-electron chi connectivity index (χ0n) is 8.37. The van der Waals surface area contributed by atoms with E-state index in [0.717, 1.165) is 13.1 Å². The third kappa shape index (κ3) is 1.21. The third-order valence-corrected chi connectivity index (χ3v) is 3.15. The van der Waals surface area contributed by atoms with E-state index in [0.29, 0.717) is 16.8 Å². The highest BCUT2D eigenvalue weighted by atomic mass is 35.5. The summed E-state index contributed by atoms with van der Waals surface area (Å²) < 4.78 is 0. The number of carbonyl (C=O) groups excluding carboxylic acids is 2. The van der Waals surface area contributed by atoms with E-state index in [2.05, 4.69) is 0 Å². The van der Waals surface area contributed by atoms with Gasteiger partial charge >= 0.3 is 0 Å². The number of fused-ring (bicyclic) bond motifs is 1. The number of allylic oxidation sites excluding steroid dienone is 2. The van der Waals surface area contributed by atoms with Crippen LogP contribution in [0.25, 0.3) is 0 Å². The quantitative estimate of drug-likeness (QED) is 0.695. The molecule has 1 aliphatic carbocycles. The first kappa shape index (κ1) is 9.60. The van der Waals surface area contributed by atoms with E-state index in [1.807, 2.05) is 4.90 Å². The number of nitrogens with zero attached hydrogens (tertiary/aromatic N) is 1. The van der Waals surface area contributed by atoms with Crippen molar-refractivity contribution in [1.82, 2.24) is 4.90 Å². The number of hydrogen-bond acceptors (Lipinski definition) is 3. The van der Waals surface area contributed by atoms with Gasteiger partial charge in [0.05, 0.1) is 0 Å². The number of benzene rings is 1. The van der Waals surface area contributed by atoms with Gasteiger partial charge in [0, 0.05) is 24.2 Å². The fourth-order valence-electron chi connectivity index (χ4n) is 1.89. The summed E-state index contributed by atoms with van der Waals surface area (Å²) in [4.78, 5) is 25.9. The summed E-state index contributed by atoms with van der Waals surface area (Å²) in [6.07, 6.45) is 0. The van der Waals surface area contributed by atoms with Gasteiger partial charge in [-0.1, -0.05) is 35.9 Å². The fourth-order valence-corrected chi connectivity index (χ4v) is 2.20. The topological polar surface area (TPSA) is 37.1 Å². The highest BCUT2D eigenvalue weighted by Crippen LogP contribution is 2.32. The third-order valence-electron chi connectivity index (χ3n) is 2.80. The van der Waals surface area contributed by atoms with Crippen molar-refractivity contribution in [2.75, 3.05) is 13.1 Å². The molecule has 3 rings (SSSR count). The molecule has 16 heavy (non-hydrogen) atoms. The van der Waals surface area contributed by atoms with Crippen molar-refractivity contribution in [1.29, 1.82) is 0 Å². The van der Waals surface area contributed by atoms with Gasteiger partial charge in [-0.05, 0) is 0 Å². The largest absolute Gasteiger partial charge is 0.363 e. The molecule has 0 bridgehead atoms. The normalized spacial score (nSPS) is 18.9. The van der Waals surface area contributed by atoms with Crippen molar-refractivity contribution >= 4 is 23.2 Å². The second-order valence-electron chi connectivity index (χ2n) is 3.85. The van der Waals surface area contributed by atoms with Gasteiger partial charge in [0.15, 0.2) is 0 Å². The Morgan fingerprint density at radius 1 is 1.00 bits per heavy atom. The molecule has 1 saturated heterocycles. The number of Topliss-reactive ketones (excluding diaryl/α,β-unsaturated/α-hetero) is 2. The summed E-state index contributed by atoms with van der Waals surface area (Å²) in [6.45, 7) is 1.60. The second kappa shape index (κ2) is 3.19. The van der Waals surface area contributed by atoms with E-state index in [1.165, 1.54) is 0 Å². The first-order chi connectivity index (χ1) is 7.70. The van der Waals surface area contributed by atoms with Gasteiger partial charge in [0.1, 0.15) is 10.7 Å². The summed E-state index contributed by atoms with van der Waals surface area (Å²) in [5.41, 5.74) is 1.23. The minimum absolute atomic E-state index is 0.0567. The van der Waals surface area contributed by atoms with Crippen LogP contribution in [0.2, 0.25) is 0 Å². The SMILES string of the molecule is O=C1C(Cl)=C(N2CC2)C(=O)c2ccccc21. The van der Waals surface area contributed by atoms with Gasteiger partial charge in [-0.3, -0.25) is 9.59 Å². The summed E-state index contributed by atoms with van der Waals surface area (Å²) in [5, 5.41) is 0.0567. The van der Waals surface area contributed by atoms with Gasteiger partial charge in [-0.15, -0.1) is 0 Å². The summed E-state index contributed by atoms with van der Waals surface area (Å²) in [6, 6.07) is 6.79. The molecular formula is C12H8ClNO2. The number of carbonyl (C=O) groups is 2. The molecule has 1 heterocycles. The van der Waals surface area contributed by atoms with E-state index in [4.69, 9.17) is 11.6 Å². The van der Waals surface area contributed by atoms with Crippen LogP contribution in [0.4, 0.5) is 0 Å². The Morgan fingerprint density at radius 2 is 1.56 bits per heavy atom. The van der Waals surface area contributed by atoms with E-state index in [9.17, 15) is 9.59 Å². The van der Waals surface area contributed by atoms with Gasteiger partial charge in [0.25, 0.3) is 0 Å². The lowest BCUT2D eigenvalue weighted by Crippen LogP contribution is -2.23. The predicted molar refractivity (Wildman–Crippen MR) is 59.6 cm³/mol. The van der Waals surface area contributed by atoms with E-state index < -0.39 is 0 Å². The maximum Gasteiger partial charge on any atom is 0.211 e. The zero-order chi connectivity index (χ0) is 11.3. The molecule has 0 atom stereocenters. The number of hydrogen-bond donors (Lipinski definition) is 0. The van der Waals surface area contributed by atoms with Crippen LogP contribution in [0.5, 0.6) is 0 Å². The molecule has 2 aliphatic rings. The van der Waals surface area contributed by atoms with Gasteiger partial charge in [-0.25, -0.2) is 0 Å². The maximum absolute atomic E-state index is 12.1. The number of rotatable bonds is 1. The van der Waals surface area contributed by atoms with Gasteiger partial charge < -0.3 is 4.90 Å². The molecule has 80 valence electrons. The van der Waals surface area contributed by atoms with Crippen LogP contribution < -0.4 is 0 Å². The van der Waals surface area contributed by atoms with Crippen LogP contribution in [-0.2, 0) is 0 Å². The molecule has 0 saturated carbocycles. The Hall–Kier alpha value is -1.61. The summed E-state index contributed by atoms with van der Waals surface area (Å²) in [7, 11) is 0. The lowest BCUT2D eigenvalue weighted by Gasteiger charge is -2.18. The minimum Gasteiger partial charge on any atom is -0.363 e. The highest BCUT2D eigenvalue weighted by molar-refractivity contribution is 6.49. The van der Waals surface area contributed by atoms with Gasteiger partial charge in [0.2, 0.25) is 11.6 Å². The molecule has 0 spiro atoms. The minimum atomic E-state index is -0.251. The lowest BCUT2D eigenvalue weighted by molar-refractivity contribution is 0.0966. The van der Waals surface area contributed by atoms with Crippen LogP contribution in [0.1, 0.15) is 20.7 Å². The van der Waals surface area contributed by atoms with Gasteiger partial charge in [-0.2, -0.15) is 0 Å². The maximum atomic E-state index is 12.1. The molecule has 0 amide bonds. The second-order valence-corrected chi connectivity index (χ2v) is 4.23. The predicted octanol–water partition coefficient (Wildman–Crippen LogP) is 1.83. The van der Waals surface area contributed by atoms with Crippen LogP contribution >= 0.6 is 11.6 Å². The fraction of sp³-hybridized carbons (Fsp3) is 0.167.